The normalized spacial score (nSPS) is 12.2. The Kier molecular flexibility index (Phi) is 6.60. The first-order valence-electron chi connectivity index (χ1n) is 12.8. The highest BCUT2D eigenvalue weighted by atomic mass is 19.4. The van der Waals surface area contributed by atoms with E-state index in [4.69, 9.17) is 4.98 Å². The molecule has 4 aromatic carbocycles. The van der Waals surface area contributed by atoms with Gasteiger partial charge in [-0.1, -0.05) is 92.7 Å². The lowest BCUT2D eigenvalue weighted by atomic mass is 9.82. The van der Waals surface area contributed by atoms with Gasteiger partial charge in [0.05, 0.1) is 16.6 Å². The van der Waals surface area contributed by atoms with Gasteiger partial charge in [0.1, 0.15) is 0 Å². The summed E-state index contributed by atoms with van der Waals surface area (Å²) in [6.07, 6.45) is -4.43. The molecule has 1 nitrogen and oxygen atoms in total. The van der Waals surface area contributed by atoms with Crippen LogP contribution in [0.3, 0.4) is 0 Å². The monoisotopic (exact) mass is 509 g/mol. The quantitative estimate of drug-likeness (QED) is 0.230. The number of aromatic nitrogens is 1. The van der Waals surface area contributed by atoms with Crippen molar-refractivity contribution in [2.24, 2.45) is 5.41 Å². The lowest BCUT2D eigenvalue weighted by molar-refractivity contribution is -0.210. The zero-order valence-electron chi connectivity index (χ0n) is 22.0. The van der Waals surface area contributed by atoms with Crippen molar-refractivity contribution >= 4 is 10.9 Å². The molecule has 0 amide bonds. The van der Waals surface area contributed by atoms with E-state index < -0.39 is 11.6 Å². The molecule has 1 aromatic heterocycles. The molecule has 0 aliphatic heterocycles. The maximum absolute atomic E-state index is 13.9. The average molecular weight is 510 g/mol. The third-order valence-corrected chi connectivity index (χ3v) is 7.22. The molecule has 0 saturated heterocycles. The van der Waals surface area contributed by atoms with Crippen LogP contribution in [-0.2, 0) is 6.42 Å². The smallest absolute Gasteiger partial charge is 0.248 e. The Morgan fingerprint density at radius 3 is 1.87 bits per heavy atom. The molecule has 0 fully saturated rings. The fourth-order valence-electron chi connectivity index (χ4n) is 5.06. The van der Waals surface area contributed by atoms with E-state index in [0.717, 1.165) is 49.8 Å². The average Bonchev–Trinajstić information content (AvgIpc) is 2.88. The highest BCUT2D eigenvalue weighted by Gasteiger charge is 2.47. The Bertz CT molecular complexity index is 1600. The SMILES string of the molecule is Cc1cc(C)c2c(CC(C)(C)C(F)(F)F)cc(-c3cccc(-c4ccc(-c5ccccc5)cc4)c3)nc2c1. The topological polar surface area (TPSA) is 12.9 Å². The van der Waals surface area contributed by atoms with Crippen LogP contribution >= 0.6 is 0 Å². The Balaban J connectivity index is 1.58. The third kappa shape index (κ3) is 5.08. The number of halogens is 3. The van der Waals surface area contributed by atoms with Crippen molar-refractivity contribution in [3.63, 3.8) is 0 Å². The lowest BCUT2D eigenvalue weighted by Crippen LogP contribution is -2.34. The first kappa shape index (κ1) is 25.7. The van der Waals surface area contributed by atoms with Crippen LogP contribution in [0, 0.1) is 19.3 Å². The van der Waals surface area contributed by atoms with Crippen molar-refractivity contribution in [1.82, 2.24) is 4.98 Å². The molecule has 0 N–H and O–H groups in total. The van der Waals surface area contributed by atoms with Crippen LogP contribution < -0.4 is 0 Å². The summed E-state index contributed by atoms with van der Waals surface area (Å²) in [6.45, 7) is 6.46. The maximum Gasteiger partial charge on any atom is 0.394 e. The Labute approximate surface area is 222 Å². The number of aryl methyl sites for hydroxylation is 2. The van der Waals surface area contributed by atoms with Gasteiger partial charge in [-0.05, 0) is 77.4 Å². The molecule has 5 rings (SSSR count). The molecule has 1 heterocycles. The minimum Gasteiger partial charge on any atom is -0.248 e. The minimum absolute atomic E-state index is 0.118. The number of nitrogens with zero attached hydrogens (tertiary/aromatic N) is 1. The standard InChI is InChI=1S/C34H30F3N/c1-22-17-23(2)32-29(21-33(3,4)34(35,36)37)20-30(38-31(32)18-22)28-12-8-11-27(19-28)26-15-13-25(14-16-26)24-9-6-5-7-10-24/h5-20H,21H2,1-4H3. The molecular weight excluding hydrogens is 479 g/mol. The lowest BCUT2D eigenvalue weighted by Gasteiger charge is -2.28. The van der Waals surface area contributed by atoms with E-state index >= 15 is 0 Å². The highest BCUT2D eigenvalue weighted by Crippen LogP contribution is 2.42. The molecule has 0 atom stereocenters. The number of fused-ring (bicyclic) bond motifs is 1. The van der Waals surface area contributed by atoms with Gasteiger partial charge < -0.3 is 0 Å². The molecule has 4 heteroatoms. The van der Waals surface area contributed by atoms with Gasteiger partial charge in [0.25, 0.3) is 0 Å². The molecule has 0 aliphatic carbocycles. The van der Waals surface area contributed by atoms with Crippen LogP contribution in [0.25, 0.3) is 44.4 Å². The summed E-state index contributed by atoms with van der Waals surface area (Å²) >= 11 is 0. The molecule has 0 saturated carbocycles. The number of hydrogen-bond acceptors (Lipinski definition) is 1. The second-order valence-electron chi connectivity index (χ2n) is 10.7. The molecule has 192 valence electrons. The van der Waals surface area contributed by atoms with E-state index in [1.807, 2.05) is 68.4 Å². The summed E-state index contributed by atoms with van der Waals surface area (Å²) in [5.74, 6) is 0. The van der Waals surface area contributed by atoms with Crippen LogP contribution in [0.4, 0.5) is 13.2 Å². The predicted molar refractivity (Wildman–Crippen MR) is 151 cm³/mol. The zero-order chi connectivity index (χ0) is 27.1. The second-order valence-corrected chi connectivity index (χ2v) is 10.7. The van der Waals surface area contributed by atoms with Crippen LogP contribution in [0.1, 0.15) is 30.5 Å². The van der Waals surface area contributed by atoms with Crippen LogP contribution in [-0.4, -0.2) is 11.2 Å². The van der Waals surface area contributed by atoms with Gasteiger partial charge in [0.15, 0.2) is 0 Å². The van der Waals surface area contributed by atoms with E-state index in [1.54, 1.807) is 0 Å². The van der Waals surface area contributed by atoms with Gasteiger partial charge in [-0.15, -0.1) is 0 Å². The van der Waals surface area contributed by atoms with Crippen molar-refractivity contribution in [1.29, 1.82) is 0 Å². The minimum atomic E-state index is -4.31. The molecule has 0 bridgehead atoms. The second kappa shape index (κ2) is 9.75. The van der Waals surface area contributed by atoms with Crippen molar-refractivity contribution in [2.75, 3.05) is 0 Å². The molecule has 0 unspecified atom stereocenters. The Hall–Kier alpha value is -3.92. The number of hydrogen-bond donors (Lipinski definition) is 0. The van der Waals surface area contributed by atoms with Crippen LogP contribution in [0.5, 0.6) is 0 Å². The first-order valence-corrected chi connectivity index (χ1v) is 12.8. The maximum atomic E-state index is 13.9. The van der Waals surface area contributed by atoms with Crippen molar-refractivity contribution in [2.45, 2.75) is 40.3 Å². The summed E-state index contributed by atoms with van der Waals surface area (Å²) in [7, 11) is 0. The zero-order valence-corrected chi connectivity index (χ0v) is 22.0. The van der Waals surface area contributed by atoms with E-state index in [1.165, 1.54) is 13.8 Å². The van der Waals surface area contributed by atoms with Gasteiger partial charge >= 0.3 is 6.18 Å². The van der Waals surface area contributed by atoms with E-state index in [-0.39, 0.29) is 6.42 Å². The van der Waals surface area contributed by atoms with Crippen molar-refractivity contribution in [3.05, 3.63) is 114 Å². The van der Waals surface area contributed by atoms with Gasteiger partial charge in [-0.2, -0.15) is 13.2 Å². The van der Waals surface area contributed by atoms with Gasteiger partial charge in [-0.25, -0.2) is 4.98 Å². The Morgan fingerprint density at radius 2 is 1.21 bits per heavy atom. The largest absolute Gasteiger partial charge is 0.394 e. The number of benzene rings is 4. The van der Waals surface area contributed by atoms with E-state index in [0.29, 0.717) is 11.3 Å². The fourth-order valence-corrected chi connectivity index (χ4v) is 5.06. The summed E-state index contributed by atoms with van der Waals surface area (Å²) in [5.41, 5.74) is 7.47. The van der Waals surface area contributed by atoms with Crippen molar-refractivity contribution < 1.29 is 13.2 Å². The molecule has 38 heavy (non-hydrogen) atoms. The molecule has 0 aliphatic rings. The highest BCUT2D eigenvalue weighted by molar-refractivity contribution is 5.89. The molecule has 0 radical (unpaired) electrons. The summed E-state index contributed by atoms with van der Waals surface area (Å²) in [5, 5.41) is 0.810. The predicted octanol–water partition coefficient (Wildman–Crippen LogP) is 9.98. The summed E-state index contributed by atoms with van der Waals surface area (Å²) in [4.78, 5) is 4.93. The molecule has 0 spiro atoms. The fraction of sp³-hybridized carbons (Fsp3) is 0.206. The summed E-state index contributed by atoms with van der Waals surface area (Å²) < 4.78 is 41.6. The van der Waals surface area contributed by atoms with Gasteiger partial charge in [0.2, 0.25) is 0 Å². The summed E-state index contributed by atoms with van der Waals surface area (Å²) in [6, 6.07) is 32.5. The van der Waals surface area contributed by atoms with E-state index in [2.05, 4.69) is 42.5 Å². The number of alkyl halides is 3. The Morgan fingerprint density at radius 1 is 0.632 bits per heavy atom. The number of pyridine rings is 1. The molecule has 5 aromatic rings. The van der Waals surface area contributed by atoms with E-state index in [9.17, 15) is 13.2 Å². The first-order chi connectivity index (χ1) is 18.0. The van der Waals surface area contributed by atoms with Crippen LogP contribution in [0.15, 0.2) is 97.1 Å². The molecular formula is C34H30F3N. The van der Waals surface area contributed by atoms with Gasteiger partial charge in [-0.3, -0.25) is 0 Å². The number of rotatable bonds is 5. The third-order valence-electron chi connectivity index (χ3n) is 7.22. The van der Waals surface area contributed by atoms with Crippen LogP contribution in [0.2, 0.25) is 0 Å². The van der Waals surface area contributed by atoms with Gasteiger partial charge in [0, 0.05) is 10.9 Å². The van der Waals surface area contributed by atoms with Crippen molar-refractivity contribution in [3.8, 4) is 33.5 Å².